The molecule has 0 amide bonds. The molecular weight excluding hydrogens is 138 g/mol. The van der Waals surface area contributed by atoms with Gasteiger partial charge in [0, 0.05) is 5.56 Å². The number of nitrogen functional groups attached to an aromatic ring is 1. The zero-order valence-corrected chi connectivity index (χ0v) is 5.68. The van der Waals surface area contributed by atoms with Crippen molar-refractivity contribution in [3.63, 3.8) is 0 Å². The van der Waals surface area contributed by atoms with Crippen molar-refractivity contribution in [3.05, 3.63) is 16.9 Å². The number of nitrogens with two attached hydrogens (primary N) is 1. The summed E-state index contributed by atoms with van der Waals surface area (Å²) in [7, 11) is 0. The van der Waals surface area contributed by atoms with E-state index in [1.165, 1.54) is 6.20 Å². The van der Waals surface area contributed by atoms with E-state index in [9.17, 15) is 0 Å². The molecular formula is C5H6ClN3. The van der Waals surface area contributed by atoms with Gasteiger partial charge in [-0.3, -0.25) is 0 Å². The van der Waals surface area contributed by atoms with Crippen molar-refractivity contribution in [2.45, 2.75) is 6.92 Å². The van der Waals surface area contributed by atoms with Crippen LogP contribution in [0.25, 0.3) is 0 Å². The Morgan fingerprint density at radius 2 is 2.33 bits per heavy atom. The Hall–Kier alpha value is -0.830. The second-order valence-corrected chi connectivity index (χ2v) is 2.07. The molecule has 1 aromatic rings. The van der Waals surface area contributed by atoms with Crippen molar-refractivity contribution in [2.75, 3.05) is 5.73 Å². The first-order valence-electron chi connectivity index (χ1n) is 2.45. The van der Waals surface area contributed by atoms with Crippen molar-refractivity contribution < 1.29 is 0 Å². The number of anilines is 1. The minimum Gasteiger partial charge on any atom is -0.397 e. The summed E-state index contributed by atoms with van der Waals surface area (Å²) in [5.41, 5.74) is 6.80. The van der Waals surface area contributed by atoms with E-state index in [-0.39, 0.29) is 0 Å². The average Bonchev–Trinajstić information content (AvgIpc) is 1.83. The van der Waals surface area contributed by atoms with Gasteiger partial charge in [-0.25, -0.2) is 0 Å². The molecule has 0 fully saturated rings. The highest BCUT2D eigenvalue weighted by atomic mass is 35.5. The fraction of sp³-hybridized carbons (Fsp3) is 0.200. The van der Waals surface area contributed by atoms with Gasteiger partial charge in [0.1, 0.15) is 0 Å². The molecule has 0 spiro atoms. The van der Waals surface area contributed by atoms with Crippen LogP contribution in [0.1, 0.15) is 5.56 Å². The largest absolute Gasteiger partial charge is 0.397 e. The molecule has 2 N–H and O–H groups in total. The van der Waals surface area contributed by atoms with Crippen LogP contribution in [0.15, 0.2) is 6.20 Å². The molecule has 3 nitrogen and oxygen atoms in total. The summed E-state index contributed by atoms with van der Waals surface area (Å²) in [5, 5.41) is 7.48. The zero-order chi connectivity index (χ0) is 6.85. The molecule has 0 saturated carbocycles. The molecule has 0 saturated heterocycles. The van der Waals surface area contributed by atoms with Crippen LogP contribution in [0.2, 0.25) is 5.15 Å². The highest BCUT2D eigenvalue weighted by Gasteiger charge is 1.97. The molecule has 0 radical (unpaired) electrons. The van der Waals surface area contributed by atoms with Gasteiger partial charge in [0.25, 0.3) is 0 Å². The smallest absolute Gasteiger partial charge is 0.156 e. The molecule has 4 heteroatoms. The van der Waals surface area contributed by atoms with Gasteiger partial charge in [-0.1, -0.05) is 11.6 Å². The van der Waals surface area contributed by atoms with Crippen molar-refractivity contribution in [1.82, 2.24) is 10.2 Å². The lowest BCUT2D eigenvalue weighted by atomic mass is 10.3. The van der Waals surface area contributed by atoms with Gasteiger partial charge in [-0.2, -0.15) is 5.10 Å². The molecule has 0 aliphatic heterocycles. The Bertz CT molecular complexity index is 203. The Morgan fingerprint density at radius 1 is 1.67 bits per heavy atom. The van der Waals surface area contributed by atoms with Crippen molar-refractivity contribution in [1.29, 1.82) is 0 Å². The minimum atomic E-state index is 0.370. The third-order valence-electron chi connectivity index (χ3n) is 1.08. The van der Waals surface area contributed by atoms with Crippen LogP contribution in [-0.2, 0) is 0 Å². The topological polar surface area (TPSA) is 51.8 Å². The van der Waals surface area contributed by atoms with Crippen LogP contribution in [0, 0.1) is 6.92 Å². The summed E-state index contributed by atoms with van der Waals surface area (Å²) in [5.74, 6) is 0. The average molecular weight is 144 g/mol. The van der Waals surface area contributed by atoms with Crippen LogP contribution < -0.4 is 5.73 Å². The first kappa shape index (κ1) is 6.29. The first-order valence-corrected chi connectivity index (χ1v) is 2.83. The van der Waals surface area contributed by atoms with Crippen LogP contribution in [0.5, 0.6) is 0 Å². The lowest BCUT2D eigenvalue weighted by Gasteiger charge is -1.96. The van der Waals surface area contributed by atoms with E-state index in [0.29, 0.717) is 10.8 Å². The van der Waals surface area contributed by atoms with Gasteiger partial charge in [-0.05, 0) is 6.92 Å². The van der Waals surface area contributed by atoms with Gasteiger partial charge in [0.05, 0.1) is 11.9 Å². The summed E-state index contributed by atoms with van der Waals surface area (Å²) in [6, 6.07) is 0. The number of aromatic nitrogens is 2. The normalized spacial score (nSPS) is 9.56. The first-order chi connectivity index (χ1) is 4.22. The Balaban J connectivity index is 3.25. The van der Waals surface area contributed by atoms with Crippen molar-refractivity contribution in [2.24, 2.45) is 0 Å². The number of hydrogen-bond acceptors (Lipinski definition) is 3. The summed E-state index contributed by atoms with van der Waals surface area (Å²) < 4.78 is 0. The Kier molecular flexibility index (Phi) is 1.53. The van der Waals surface area contributed by atoms with Gasteiger partial charge >= 0.3 is 0 Å². The highest BCUT2D eigenvalue weighted by Crippen LogP contribution is 2.14. The predicted molar refractivity (Wildman–Crippen MR) is 36.2 cm³/mol. The predicted octanol–water partition coefficient (Wildman–Crippen LogP) is 1.02. The third kappa shape index (κ3) is 1.10. The molecule has 0 aliphatic rings. The second kappa shape index (κ2) is 2.19. The molecule has 0 aliphatic carbocycles. The van der Waals surface area contributed by atoms with Crippen molar-refractivity contribution >= 4 is 17.3 Å². The molecule has 9 heavy (non-hydrogen) atoms. The van der Waals surface area contributed by atoms with Gasteiger partial charge in [0.2, 0.25) is 0 Å². The summed E-state index contributed by atoms with van der Waals surface area (Å²) >= 11 is 5.56. The van der Waals surface area contributed by atoms with Crippen LogP contribution in [0.3, 0.4) is 0 Å². The van der Waals surface area contributed by atoms with Crippen LogP contribution in [0.4, 0.5) is 5.69 Å². The minimum absolute atomic E-state index is 0.370. The van der Waals surface area contributed by atoms with E-state index >= 15 is 0 Å². The zero-order valence-electron chi connectivity index (χ0n) is 4.93. The Labute approximate surface area is 57.8 Å². The van der Waals surface area contributed by atoms with E-state index < -0.39 is 0 Å². The molecule has 0 aromatic carbocycles. The maximum Gasteiger partial charge on any atom is 0.156 e. The summed E-state index contributed by atoms with van der Waals surface area (Å²) in [6.07, 6.45) is 1.47. The van der Waals surface area contributed by atoms with E-state index in [0.717, 1.165) is 5.56 Å². The van der Waals surface area contributed by atoms with E-state index in [4.69, 9.17) is 17.3 Å². The second-order valence-electron chi connectivity index (χ2n) is 1.72. The van der Waals surface area contributed by atoms with Gasteiger partial charge < -0.3 is 5.73 Å². The fourth-order valence-electron chi connectivity index (χ4n) is 0.433. The molecule has 0 atom stereocenters. The maximum atomic E-state index is 5.56. The lowest BCUT2D eigenvalue weighted by Crippen LogP contribution is -1.93. The van der Waals surface area contributed by atoms with Crippen molar-refractivity contribution in [3.8, 4) is 0 Å². The van der Waals surface area contributed by atoms with E-state index in [2.05, 4.69) is 10.2 Å². The highest BCUT2D eigenvalue weighted by molar-refractivity contribution is 6.30. The number of hydrogen-bond donors (Lipinski definition) is 1. The molecule has 1 aromatic heterocycles. The fourth-order valence-corrected chi connectivity index (χ4v) is 0.585. The third-order valence-corrected chi connectivity index (χ3v) is 1.44. The Morgan fingerprint density at radius 3 is 2.78 bits per heavy atom. The molecule has 1 rings (SSSR count). The van der Waals surface area contributed by atoms with E-state index in [1.807, 2.05) is 0 Å². The molecule has 1 heterocycles. The lowest BCUT2D eigenvalue weighted by molar-refractivity contribution is 1.02. The maximum absolute atomic E-state index is 5.56. The SMILES string of the molecule is Cc1c(N)cnnc1Cl. The number of rotatable bonds is 0. The van der Waals surface area contributed by atoms with Crippen LogP contribution >= 0.6 is 11.6 Å². The molecule has 0 bridgehead atoms. The number of nitrogens with zero attached hydrogens (tertiary/aromatic N) is 2. The monoisotopic (exact) mass is 143 g/mol. The standard InChI is InChI=1S/C5H6ClN3/c1-3-4(7)2-8-9-5(3)6/h2H,1H3,(H2,7,9). The van der Waals surface area contributed by atoms with E-state index in [1.54, 1.807) is 6.92 Å². The number of halogens is 1. The summed E-state index contributed by atoms with van der Waals surface area (Å²) in [6.45, 7) is 1.80. The quantitative estimate of drug-likeness (QED) is 0.590. The molecule has 0 unspecified atom stereocenters. The summed E-state index contributed by atoms with van der Waals surface area (Å²) in [4.78, 5) is 0. The van der Waals surface area contributed by atoms with Gasteiger partial charge in [0.15, 0.2) is 5.15 Å². The van der Waals surface area contributed by atoms with Crippen LogP contribution in [-0.4, -0.2) is 10.2 Å². The molecule has 48 valence electrons. The van der Waals surface area contributed by atoms with Gasteiger partial charge in [-0.15, -0.1) is 5.10 Å².